The molecule has 2 aliphatic carbocycles. The van der Waals surface area contributed by atoms with Gasteiger partial charge < -0.3 is 10.4 Å². The highest BCUT2D eigenvalue weighted by atomic mass is 16.4. The molecule has 3 aliphatic rings. The monoisotopic (exact) mass is 342 g/mol. The van der Waals surface area contributed by atoms with Gasteiger partial charge in [-0.3, -0.25) is 19.3 Å². The number of carboxylic acids is 1. The summed E-state index contributed by atoms with van der Waals surface area (Å²) < 4.78 is 0. The number of carbonyl (C=O) groups is 4. The second-order valence-electron chi connectivity index (χ2n) is 7.08. The van der Waals surface area contributed by atoms with Crippen LogP contribution in [0.2, 0.25) is 0 Å². The van der Waals surface area contributed by atoms with Crippen molar-refractivity contribution >= 4 is 29.4 Å². The van der Waals surface area contributed by atoms with Gasteiger partial charge in [-0.05, 0) is 55.4 Å². The number of rotatable bonds is 4. The maximum atomic E-state index is 12.6. The van der Waals surface area contributed by atoms with Crippen LogP contribution in [0.3, 0.4) is 0 Å². The Bertz CT molecular complexity index is 744. The number of aromatic carboxylic acids is 1. The summed E-state index contributed by atoms with van der Waals surface area (Å²) in [4.78, 5) is 49.2. The molecule has 1 aliphatic heterocycles. The summed E-state index contributed by atoms with van der Waals surface area (Å²) in [6.07, 6.45) is 2.96. The Labute approximate surface area is 144 Å². The van der Waals surface area contributed by atoms with E-state index in [1.807, 2.05) is 0 Å². The second-order valence-corrected chi connectivity index (χ2v) is 7.08. The smallest absolute Gasteiger partial charge is 0.335 e. The van der Waals surface area contributed by atoms with Crippen molar-refractivity contribution in [3.05, 3.63) is 29.8 Å². The zero-order chi connectivity index (χ0) is 17.7. The fourth-order valence-corrected chi connectivity index (χ4v) is 4.67. The number of amides is 3. The van der Waals surface area contributed by atoms with Crippen molar-refractivity contribution in [3.63, 3.8) is 0 Å². The number of hydrogen-bond acceptors (Lipinski definition) is 4. The maximum absolute atomic E-state index is 12.6. The Morgan fingerprint density at radius 3 is 2.12 bits per heavy atom. The number of carbonyl (C=O) groups excluding carboxylic acids is 3. The Morgan fingerprint density at radius 2 is 1.60 bits per heavy atom. The van der Waals surface area contributed by atoms with E-state index >= 15 is 0 Å². The van der Waals surface area contributed by atoms with Crippen LogP contribution in [0.15, 0.2) is 24.3 Å². The van der Waals surface area contributed by atoms with Crippen molar-refractivity contribution in [1.82, 2.24) is 4.90 Å². The molecule has 25 heavy (non-hydrogen) atoms. The lowest BCUT2D eigenvalue weighted by Gasteiger charge is -2.19. The zero-order valence-electron chi connectivity index (χ0n) is 13.5. The molecular formula is C18H18N2O5. The predicted molar refractivity (Wildman–Crippen MR) is 86.6 cm³/mol. The molecule has 0 radical (unpaired) electrons. The summed E-state index contributed by atoms with van der Waals surface area (Å²) in [5.41, 5.74) is 0.542. The molecule has 2 saturated carbocycles. The van der Waals surface area contributed by atoms with Gasteiger partial charge in [0.2, 0.25) is 17.7 Å². The third kappa shape index (κ3) is 2.50. The lowest BCUT2D eigenvalue weighted by atomic mass is 9.81. The molecule has 2 bridgehead atoms. The number of likely N-dealkylation sites (tertiary alicyclic amines) is 1. The number of fused-ring (bicyclic) bond motifs is 5. The van der Waals surface area contributed by atoms with Crippen LogP contribution < -0.4 is 5.32 Å². The van der Waals surface area contributed by atoms with Crippen molar-refractivity contribution < 1.29 is 24.3 Å². The van der Waals surface area contributed by atoms with E-state index < -0.39 is 11.9 Å². The molecule has 1 aromatic rings. The van der Waals surface area contributed by atoms with E-state index in [1.54, 1.807) is 0 Å². The molecule has 7 nitrogen and oxygen atoms in total. The van der Waals surface area contributed by atoms with Gasteiger partial charge in [0.05, 0.1) is 17.4 Å². The fourth-order valence-electron chi connectivity index (χ4n) is 4.67. The quantitative estimate of drug-likeness (QED) is 0.804. The number of imide groups is 1. The van der Waals surface area contributed by atoms with Gasteiger partial charge in [-0.1, -0.05) is 0 Å². The van der Waals surface area contributed by atoms with Crippen LogP contribution in [0, 0.1) is 23.7 Å². The molecule has 1 saturated heterocycles. The van der Waals surface area contributed by atoms with Crippen LogP contribution in [-0.2, 0) is 14.4 Å². The van der Waals surface area contributed by atoms with Gasteiger partial charge >= 0.3 is 5.97 Å². The molecule has 3 amide bonds. The molecule has 2 N–H and O–H groups in total. The Hall–Kier alpha value is -2.70. The highest BCUT2D eigenvalue weighted by Gasteiger charge is 2.60. The van der Waals surface area contributed by atoms with E-state index in [4.69, 9.17) is 5.11 Å². The van der Waals surface area contributed by atoms with E-state index in [1.165, 1.54) is 24.3 Å². The zero-order valence-corrected chi connectivity index (χ0v) is 13.5. The summed E-state index contributed by atoms with van der Waals surface area (Å²) in [7, 11) is 0. The second kappa shape index (κ2) is 5.68. The van der Waals surface area contributed by atoms with Crippen LogP contribution in [0.25, 0.3) is 0 Å². The van der Waals surface area contributed by atoms with Gasteiger partial charge in [-0.2, -0.15) is 0 Å². The van der Waals surface area contributed by atoms with Crippen LogP contribution >= 0.6 is 0 Å². The molecule has 0 spiro atoms. The lowest BCUT2D eigenvalue weighted by molar-refractivity contribution is -0.143. The standard InChI is InChI=1S/C18H18N2O5/c21-13(19-12-5-3-9(4-6-12)18(24)25)8-20-16(22)14-10-1-2-11(7-10)15(14)17(20)23/h3-6,10-11,14-15H,1-2,7-8H2,(H,19,21)(H,24,25)/t10-,11+,14-,15+. The first-order valence-corrected chi connectivity index (χ1v) is 8.44. The molecule has 1 heterocycles. The van der Waals surface area contributed by atoms with Crippen molar-refractivity contribution in [2.75, 3.05) is 11.9 Å². The Kier molecular flexibility index (Phi) is 3.59. The SMILES string of the molecule is O=C(CN1C(=O)[C@@H]2[C@@H]3CC[C@@H](C3)[C@@H]2C1=O)Nc1ccc(C(=O)O)cc1. The van der Waals surface area contributed by atoms with E-state index in [0.717, 1.165) is 24.2 Å². The summed E-state index contributed by atoms with van der Waals surface area (Å²) in [6.45, 7) is -0.287. The number of nitrogens with one attached hydrogen (secondary N) is 1. The number of benzene rings is 1. The van der Waals surface area contributed by atoms with Crippen LogP contribution in [0.5, 0.6) is 0 Å². The van der Waals surface area contributed by atoms with Crippen molar-refractivity contribution in [2.45, 2.75) is 19.3 Å². The normalized spacial score (nSPS) is 29.8. The predicted octanol–water partition coefficient (Wildman–Crippen LogP) is 1.35. The molecule has 4 atom stereocenters. The van der Waals surface area contributed by atoms with Crippen LogP contribution in [0.4, 0.5) is 5.69 Å². The molecule has 130 valence electrons. The van der Waals surface area contributed by atoms with Crippen LogP contribution in [0.1, 0.15) is 29.6 Å². The van der Waals surface area contributed by atoms with E-state index in [0.29, 0.717) is 17.5 Å². The highest BCUT2D eigenvalue weighted by molar-refractivity contribution is 6.09. The highest BCUT2D eigenvalue weighted by Crippen LogP contribution is 2.56. The molecule has 0 aromatic heterocycles. The maximum Gasteiger partial charge on any atom is 0.335 e. The van der Waals surface area contributed by atoms with Gasteiger partial charge in [0.15, 0.2) is 0 Å². The van der Waals surface area contributed by atoms with Crippen molar-refractivity contribution in [1.29, 1.82) is 0 Å². The van der Waals surface area contributed by atoms with E-state index in [-0.39, 0.29) is 35.8 Å². The van der Waals surface area contributed by atoms with E-state index in [2.05, 4.69) is 5.32 Å². The average Bonchev–Trinajstić information content (AvgIpc) is 3.25. The minimum absolute atomic E-state index is 0.117. The van der Waals surface area contributed by atoms with Crippen LogP contribution in [-0.4, -0.2) is 40.2 Å². The Morgan fingerprint density at radius 1 is 1.04 bits per heavy atom. The summed E-state index contributed by atoms with van der Waals surface area (Å²) in [6, 6.07) is 5.71. The van der Waals surface area contributed by atoms with Crippen molar-refractivity contribution in [3.8, 4) is 0 Å². The molecular weight excluding hydrogens is 324 g/mol. The lowest BCUT2D eigenvalue weighted by Crippen LogP contribution is -2.39. The minimum atomic E-state index is -1.05. The summed E-state index contributed by atoms with van der Waals surface area (Å²) >= 11 is 0. The number of carboxylic acid groups (broad SMARTS) is 1. The molecule has 7 heteroatoms. The van der Waals surface area contributed by atoms with Gasteiger partial charge in [0.1, 0.15) is 6.54 Å². The van der Waals surface area contributed by atoms with Crippen molar-refractivity contribution in [2.24, 2.45) is 23.7 Å². The number of nitrogens with zero attached hydrogens (tertiary/aromatic N) is 1. The number of anilines is 1. The summed E-state index contributed by atoms with van der Waals surface area (Å²) in [5, 5.41) is 11.5. The molecule has 0 unspecified atom stereocenters. The van der Waals surface area contributed by atoms with Gasteiger partial charge in [0.25, 0.3) is 0 Å². The first-order chi connectivity index (χ1) is 12.0. The largest absolute Gasteiger partial charge is 0.478 e. The first-order valence-electron chi connectivity index (χ1n) is 8.44. The number of hydrogen-bond donors (Lipinski definition) is 2. The topological polar surface area (TPSA) is 104 Å². The summed E-state index contributed by atoms with van der Waals surface area (Å²) in [5.74, 6) is -1.80. The Balaban J connectivity index is 1.42. The third-order valence-corrected chi connectivity index (χ3v) is 5.74. The molecule has 3 fully saturated rings. The van der Waals surface area contributed by atoms with E-state index in [9.17, 15) is 19.2 Å². The molecule has 4 rings (SSSR count). The van der Waals surface area contributed by atoms with Gasteiger partial charge in [-0.15, -0.1) is 0 Å². The third-order valence-electron chi connectivity index (χ3n) is 5.74. The van der Waals surface area contributed by atoms with Gasteiger partial charge in [-0.25, -0.2) is 4.79 Å². The van der Waals surface area contributed by atoms with Gasteiger partial charge in [0, 0.05) is 5.69 Å². The molecule has 1 aromatic carbocycles. The minimum Gasteiger partial charge on any atom is -0.478 e. The first kappa shape index (κ1) is 15.8. The average molecular weight is 342 g/mol. The fraction of sp³-hybridized carbons (Fsp3) is 0.444.